The number of sulfonamides is 1. The second kappa shape index (κ2) is 8.40. The van der Waals surface area contributed by atoms with Gasteiger partial charge in [0.15, 0.2) is 5.82 Å². The lowest BCUT2D eigenvalue weighted by Gasteiger charge is -2.32. The number of imidazole rings is 1. The standard InChI is InChI=1S/C21H25N7O5S/c1-14(2)28-20(22-13-23-28)17-12-26-9-10-33-18-4-3-15(11-16(18)19(26)24-17)34(31,32)27-7-5-25(6-8-27)21(29)30/h3-4,11-14H,5-10H2,1-2H3,(H,29,30). The second-order valence-corrected chi connectivity index (χ2v) is 10.4. The van der Waals surface area contributed by atoms with Crippen molar-refractivity contribution in [1.82, 2.24) is 33.5 Å². The first-order chi connectivity index (χ1) is 16.3. The first kappa shape index (κ1) is 22.3. The van der Waals surface area contributed by atoms with Crippen LogP contribution in [0.15, 0.2) is 35.6 Å². The quantitative estimate of drug-likeness (QED) is 0.588. The summed E-state index contributed by atoms with van der Waals surface area (Å²) in [7, 11) is -3.82. The Morgan fingerprint density at radius 3 is 2.59 bits per heavy atom. The molecule has 34 heavy (non-hydrogen) atoms. The third-order valence-electron chi connectivity index (χ3n) is 6.00. The highest BCUT2D eigenvalue weighted by molar-refractivity contribution is 7.89. The molecule has 1 aromatic carbocycles. The van der Waals surface area contributed by atoms with Crippen molar-refractivity contribution in [3.63, 3.8) is 0 Å². The zero-order valence-corrected chi connectivity index (χ0v) is 19.6. The molecule has 2 aliphatic heterocycles. The second-order valence-electron chi connectivity index (χ2n) is 8.45. The van der Waals surface area contributed by atoms with Crippen molar-refractivity contribution < 1.29 is 23.1 Å². The van der Waals surface area contributed by atoms with Crippen LogP contribution in [-0.2, 0) is 16.6 Å². The Morgan fingerprint density at radius 2 is 1.88 bits per heavy atom. The van der Waals surface area contributed by atoms with Gasteiger partial charge in [0.1, 0.15) is 30.2 Å². The number of aromatic nitrogens is 5. The van der Waals surface area contributed by atoms with E-state index in [2.05, 4.69) is 10.1 Å². The van der Waals surface area contributed by atoms with Crippen molar-refractivity contribution >= 4 is 16.1 Å². The van der Waals surface area contributed by atoms with Crippen LogP contribution in [0.5, 0.6) is 5.75 Å². The number of rotatable bonds is 4. The van der Waals surface area contributed by atoms with E-state index < -0.39 is 16.1 Å². The highest BCUT2D eigenvalue weighted by Crippen LogP contribution is 2.36. The van der Waals surface area contributed by atoms with E-state index in [4.69, 9.17) is 14.8 Å². The van der Waals surface area contributed by atoms with Gasteiger partial charge in [-0.1, -0.05) is 0 Å². The molecule has 180 valence electrons. The zero-order valence-electron chi connectivity index (χ0n) is 18.8. The predicted molar refractivity (Wildman–Crippen MR) is 121 cm³/mol. The predicted octanol–water partition coefficient (Wildman–Crippen LogP) is 1.77. The molecule has 0 radical (unpaired) electrons. The van der Waals surface area contributed by atoms with Gasteiger partial charge in [-0.05, 0) is 32.0 Å². The van der Waals surface area contributed by atoms with Crippen molar-refractivity contribution in [3.05, 3.63) is 30.7 Å². The molecule has 2 aromatic heterocycles. The van der Waals surface area contributed by atoms with Crippen LogP contribution in [-0.4, -0.2) is 85.9 Å². The number of fused-ring (bicyclic) bond motifs is 3. The van der Waals surface area contributed by atoms with Gasteiger partial charge in [0, 0.05) is 38.4 Å². The molecule has 0 spiro atoms. The van der Waals surface area contributed by atoms with E-state index in [1.165, 1.54) is 21.6 Å². The lowest BCUT2D eigenvalue weighted by atomic mass is 10.2. The summed E-state index contributed by atoms with van der Waals surface area (Å²) >= 11 is 0. The molecule has 13 heteroatoms. The van der Waals surface area contributed by atoms with Crippen molar-refractivity contribution in [2.75, 3.05) is 32.8 Å². The summed E-state index contributed by atoms with van der Waals surface area (Å²) in [5.41, 5.74) is 1.22. The van der Waals surface area contributed by atoms with Crippen LogP contribution in [0.1, 0.15) is 19.9 Å². The van der Waals surface area contributed by atoms with E-state index in [1.807, 2.05) is 24.6 Å². The summed E-state index contributed by atoms with van der Waals surface area (Å²) in [5, 5.41) is 13.4. The monoisotopic (exact) mass is 487 g/mol. The normalized spacial score (nSPS) is 16.6. The van der Waals surface area contributed by atoms with E-state index in [0.29, 0.717) is 41.8 Å². The van der Waals surface area contributed by atoms with Crippen LogP contribution in [0, 0.1) is 0 Å². The fourth-order valence-corrected chi connectivity index (χ4v) is 5.66. The molecular formula is C21H25N7O5S. The molecule has 5 rings (SSSR count). The number of piperazine rings is 1. The topological polar surface area (TPSA) is 136 Å². The number of nitrogens with zero attached hydrogens (tertiary/aromatic N) is 7. The highest BCUT2D eigenvalue weighted by atomic mass is 32.2. The number of hydrogen-bond donors (Lipinski definition) is 1. The van der Waals surface area contributed by atoms with Crippen LogP contribution < -0.4 is 4.74 Å². The Kier molecular flexibility index (Phi) is 5.52. The molecule has 2 aliphatic rings. The maximum Gasteiger partial charge on any atom is 0.407 e. The Bertz CT molecular complexity index is 1340. The summed E-state index contributed by atoms with van der Waals surface area (Å²) in [6.07, 6.45) is 2.32. The first-order valence-electron chi connectivity index (χ1n) is 11.0. The Hall–Kier alpha value is -3.45. The summed E-state index contributed by atoms with van der Waals surface area (Å²) in [4.78, 5) is 21.6. The van der Waals surface area contributed by atoms with Crippen molar-refractivity contribution in [2.45, 2.75) is 31.3 Å². The fourth-order valence-electron chi connectivity index (χ4n) is 4.21. The van der Waals surface area contributed by atoms with Crippen molar-refractivity contribution in [2.24, 2.45) is 0 Å². The van der Waals surface area contributed by atoms with Crippen LogP contribution in [0.3, 0.4) is 0 Å². The van der Waals surface area contributed by atoms with E-state index in [1.54, 1.807) is 16.8 Å². The number of hydrogen-bond acceptors (Lipinski definition) is 7. The fraction of sp³-hybridized carbons (Fsp3) is 0.429. The molecule has 3 aromatic rings. The molecule has 0 atom stereocenters. The molecular weight excluding hydrogens is 462 g/mol. The first-order valence-corrected chi connectivity index (χ1v) is 12.4. The summed E-state index contributed by atoms with van der Waals surface area (Å²) in [6.45, 7) is 5.45. The van der Waals surface area contributed by atoms with Crippen LogP contribution >= 0.6 is 0 Å². The number of amides is 1. The number of carbonyl (C=O) groups is 1. The molecule has 0 bridgehead atoms. The van der Waals surface area contributed by atoms with Gasteiger partial charge in [0.2, 0.25) is 10.0 Å². The SMILES string of the molecule is CC(C)n1ncnc1-c1cn2c(n1)-c1cc(S(=O)(=O)N3CCN(C(=O)O)CC3)ccc1OCC2. The largest absolute Gasteiger partial charge is 0.491 e. The molecule has 4 heterocycles. The van der Waals surface area contributed by atoms with Crippen LogP contribution in [0.25, 0.3) is 22.9 Å². The lowest BCUT2D eigenvalue weighted by Crippen LogP contribution is -2.50. The third-order valence-corrected chi connectivity index (χ3v) is 7.89. The van der Waals surface area contributed by atoms with E-state index >= 15 is 0 Å². The summed E-state index contributed by atoms with van der Waals surface area (Å²) in [5.74, 6) is 1.78. The Morgan fingerprint density at radius 1 is 1.12 bits per heavy atom. The smallest absolute Gasteiger partial charge is 0.407 e. The van der Waals surface area contributed by atoms with Gasteiger partial charge < -0.3 is 19.3 Å². The molecule has 1 N–H and O–H groups in total. The van der Waals surface area contributed by atoms with E-state index in [-0.39, 0.29) is 37.1 Å². The minimum atomic E-state index is -3.82. The third kappa shape index (κ3) is 3.80. The zero-order chi connectivity index (χ0) is 24.0. The Balaban J connectivity index is 1.51. The number of carboxylic acid groups (broad SMARTS) is 1. The number of benzene rings is 1. The summed E-state index contributed by atoms with van der Waals surface area (Å²) < 4.78 is 37.6. The van der Waals surface area contributed by atoms with Crippen molar-refractivity contribution in [3.8, 4) is 28.7 Å². The van der Waals surface area contributed by atoms with Gasteiger partial charge in [-0.25, -0.2) is 27.9 Å². The molecule has 0 unspecified atom stereocenters. The van der Waals surface area contributed by atoms with Crippen LogP contribution in [0.4, 0.5) is 4.79 Å². The molecule has 0 saturated carbocycles. The van der Waals surface area contributed by atoms with Gasteiger partial charge in [-0.3, -0.25) is 0 Å². The minimum Gasteiger partial charge on any atom is -0.491 e. The maximum atomic E-state index is 13.3. The van der Waals surface area contributed by atoms with Crippen molar-refractivity contribution in [1.29, 1.82) is 0 Å². The van der Waals surface area contributed by atoms with Gasteiger partial charge in [-0.2, -0.15) is 9.40 Å². The average Bonchev–Trinajstić information content (AvgIpc) is 3.43. The lowest BCUT2D eigenvalue weighted by molar-refractivity contribution is 0.126. The molecule has 1 amide bonds. The van der Waals surface area contributed by atoms with Crippen LogP contribution in [0.2, 0.25) is 0 Å². The van der Waals surface area contributed by atoms with E-state index in [9.17, 15) is 13.2 Å². The molecule has 1 saturated heterocycles. The number of ether oxygens (including phenoxy) is 1. The van der Waals surface area contributed by atoms with Gasteiger partial charge >= 0.3 is 6.09 Å². The minimum absolute atomic E-state index is 0.103. The molecule has 0 aliphatic carbocycles. The molecule has 1 fully saturated rings. The van der Waals surface area contributed by atoms with Gasteiger partial charge in [-0.15, -0.1) is 0 Å². The van der Waals surface area contributed by atoms with Gasteiger partial charge in [0.25, 0.3) is 0 Å². The van der Waals surface area contributed by atoms with E-state index in [0.717, 1.165) is 0 Å². The average molecular weight is 488 g/mol. The van der Waals surface area contributed by atoms with Gasteiger partial charge in [0.05, 0.1) is 17.0 Å². The highest BCUT2D eigenvalue weighted by Gasteiger charge is 2.31. The Labute approximate surface area is 196 Å². The summed E-state index contributed by atoms with van der Waals surface area (Å²) in [6, 6.07) is 4.85. The molecule has 12 nitrogen and oxygen atoms in total. The maximum absolute atomic E-state index is 13.3.